The Morgan fingerprint density at radius 3 is 2.38 bits per heavy atom. The van der Waals surface area contributed by atoms with Crippen LogP contribution in [-0.2, 0) is 21.4 Å². The van der Waals surface area contributed by atoms with Gasteiger partial charge in [0.15, 0.2) is 0 Å². The summed E-state index contributed by atoms with van der Waals surface area (Å²) in [5.74, 6) is -0.911. The third-order valence-electron chi connectivity index (χ3n) is 5.03. The van der Waals surface area contributed by atoms with Gasteiger partial charge in [-0.2, -0.15) is 8.42 Å². The van der Waals surface area contributed by atoms with E-state index in [9.17, 15) is 17.6 Å². The number of ether oxygens (including phenoxy) is 1. The van der Waals surface area contributed by atoms with Crippen LogP contribution in [0, 0.1) is 5.82 Å². The Morgan fingerprint density at radius 2 is 1.78 bits per heavy atom. The van der Waals surface area contributed by atoms with Gasteiger partial charge in [-0.25, -0.2) is 4.39 Å². The maximum absolute atomic E-state index is 13.7. The molecule has 0 aliphatic carbocycles. The molecular formula is C23H31FN2O5S. The van der Waals surface area contributed by atoms with E-state index in [2.05, 4.69) is 4.90 Å². The van der Waals surface area contributed by atoms with Gasteiger partial charge in [-0.1, -0.05) is 12.1 Å². The number of hydrogen-bond acceptors (Lipinski definition) is 6. The van der Waals surface area contributed by atoms with Gasteiger partial charge in [0.1, 0.15) is 11.6 Å². The lowest BCUT2D eigenvalue weighted by Crippen LogP contribution is -2.34. The van der Waals surface area contributed by atoms with Crippen LogP contribution < -0.4 is 9.08 Å². The van der Waals surface area contributed by atoms with Crippen molar-refractivity contribution in [2.45, 2.75) is 27.3 Å². The van der Waals surface area contributed by atoms with E-state index in [1.807, 2.05) is 19.9 Å². The predicted molar refractivity (Wildman–Crippen MR) is 123 cm³/mol. The van der Waals surface area contributed by atoms with E-state index in [0.717, 1.165) is 18.8 Å². The third-order valence-corrected chi connectivity index (χ3v) is 6.18. The van der Waals surface area contributed by atoms with Crippen molar-refractivity contribution in [2.75, 3.05) is 44.0 Å². The van der Waals surface area contributed by atoms with Gasteiger partial charge < -0.3 is 18.7 Å². The molecule has 176 valence electrons. The fraction of sp³-hybridized carbons (Fsp3) is 0.435. The minimum atomic E-state index is -3.78. The van der Waals surface area contributed by atoms with Crippen LogP contribution in [0.25, 0.3) is 0 Å². The quantitative estimate of drug-likeness (QED) is 0.444. The predicted octanol–water partition coefficient (Wildman–Crippen LogP) is 3.69. The van der Waals surface area contributed by atoms with Crippen LogP contribution in [0.15, 0.2) is 42.5 Å². The van der Waals surface area contributed by atoms with Gasteiger partial charge in [0.2, 0.25) is 0 Å². The smallest absolute Gasteiger partial charge is 0.308 e. The molecule has 0 aliphatic heterocycles. The van der Waals surface area contributed by atoms with E-state index in [-0.39, 0.29) is 36.8 Å². The summed E-state index contributed by atoms with van der Waals surface area (Å²) in [6.45, 7) is 7.58. The second-order valence-corrected chi connectivity index (χ2v) is 8.98. The number of nitrogens with zero attached hydrogens (tertiary/aromatic N) is 2. The van der Waals surface area contributed by atoms with Crippen molar-refractivity contribution in [3.63, 3.8) is 0 Å². The molecule has 7 nitrogen and oxygen atoms in total. The Hall–Kier alpha value is -2.65. The van der Waals surface area contributed by atoms with E-state index in [1.165, 1.54) is 43.2 Å². The number of methoxy groups -OCH3 is 1. The first-order chi connectivity index (χ1) is 15.2. The number of carbonyl (C=O) groups is 1. The molecule has 32 heavy (non-hydrogen) atoms. The molecular weight excluding hydrogens is 435 g/mol. The molecule has 0 atom stereocenters. The highest BCUT2D eigenvalue weighted by atomic mass is 32.2. The van der Waals surface area contributed by atoms with Crippen LogP contribution in [0.1, 0.15) is 36.7 Å². The van der Waals surface area contributed by atoms with Crippen LogP contribution >= 0.6 is 0 Å². The van der Waals surface area contributed by atoms with Gasteiger partial charge >= 0.3 is 10.1 Å². The molecule has 2 aromatic rings. The second kappa shape index (κ2) is 11.8. The monoisotopic (exact) mass is 466 g/mol. The molecule has 0 bridgehead atoms. The van der Waals surface area contributed by atoms with Crippen LogP contribution in [-0.4, -0.2) is 58.3 Å². The van der Waals surface area contributed by atoms with E-state index < -0.39 is 21.8 Å². The van der Waals surface area contributed by atoms with Crippen molar-refractivity contribution in [1.29, 1.82) is 0 Å². The van der Waals surface area contributed by atoms with Gasteiger partial charge in [0.05, 0.1) is 12.4 Å². The van der Waals surface area contributed by atoms with Gasteiger partial charge in [-0.15, -0.1) is 0 Å². The largest absolute Gasteiger partial charge is 0.383 e. The summed E-state index contributed by atoms with van der Waals surface area (Å²) in [7, 11) is -2.26. The average Bonchev–Trinajstić information content (AvgIpc) is 2.78. The first-order valence-corrected chi connectivity index (χ1v) is 12.2. The van der Waals surface area contributed by atoms with Gasteiger partial charge in [-0.05, 0) is 45.0 Å². The fourth-order valence-electron chi connectivity index (χ4n) is 3.20. The lowest BCUT2D eigenvalue weighted by atomic mass is 10.1. The summed E-state index contributed by atoms with van der Waals surface area (Å²) >= 11 is 0. The minimum Gasteiger partial charge on any atom is -0.383 e. The van der Waals surface area contributed by atoms with Crippen LogP contribution in [0.2, 0.25) is 0 Å². The first-order valence-electron chi connectivity index (χ1n) is 10.6. The number of benzene rings is 2. The Morgan fingerprint density at radius 1 is 1.06 bits per heavy atom. The van der Waals surface area contributed by atoms with Crippen LogP contribution in [0.3, 0.4) is 0 Å². The van der Waals surface area contributed by atoms with Gasteiger partial charge in [0, 0.05) is 56.2 Å². The van der Waals surface area contributed by atoms with Crippen molar-refractivity contribution in [2.24, 2.45) is 0 Å². The number of hydrogen-bond donors (Lipinski definition) is 0. The van der Waals surface area contributed by atoms with Crippen LogP contribution in [0.5, 0.6) is 5.75 Å². The Balaban J connectivity index is 2.45. The van der Waals surface area contributed by atoms with Crippen molar-refractivity contribution in [3.05, 3.63) is 59.4 Å². The highest BCUT2D eigenvalue weighted by Gasteiger charge is 2.21. The van der Waals surface area contributed by atoms with Crippen LogP contribution in [0.4, 0.5) is 10.1 Å². The Kier molecular flexibility index (Phi) is 9.46. The molecule has 0 aromatic heterocycles. The molecule has 2 rings (SSSR count). The van der Waals surface area contributed by atoms with E-state index in [4.69, 9.17) is 8.92 Å². The maximum Gasteiger partial charge on any atom is 0.308 e. The number of amides is 1. The zero-order valence-electron chi connectivity index (χ0n) is 19.0. The highest BCUT2D eigenvalue weighted by molar-refractivity contribution is 7.87. The summed E-state index contributed by atoms with van der Waals surface area (Å²) in [5, 5.41) is 0. The standard InChI is InChI=1S/C23H31FN2O5S/c1-5-25(6-2)21-12-11-19(22(16-21)31-32(28,29)7-3)17-26(13-14-30-4)23(27)18-9-8-10-20(24)15-18/h8-12,15-16H,5-7,13-14,17H2,1-4H3. The van der Waals surface area contributed by atoms with E-state index >= 15 is 0 Å². The number of anilines is 1. The Bertz CT molecular complexity index is 1010. The second-order valence-electron chi connectivity index (χ2n) is 7.12. The minimum absolute atomic E-state index is 0.0752. The SMILES string of the molecule is CCN(CC)c1ccc(CN(CCOC)C(=O)c2cccc(F)c2)c(OS(=O)(=O)CC)c1. The molecule has 0 aliphatic rings. The Labute approximate surface area is 189 Å². The lowest BCUT2D eigenvalue weighted by molar-refractivity contribution is 0.0679. The zero-order valence-corrected chi connectivity index (χ0v) is 19.8. The normalized spacial score (nSPS) is 11.3. The molecule has 0 spiro atoms. The molecule has 2 aromatic carbocycles. The average molecular weight is 467 g/mol. The molecule has 1 amide bonds. The summed E-state index contributed by atoms with van der Waals surface area (Å²) in [5.41, 5.74) is 1.54. The third kappa shape index (κ3) is 6.93. The van der Waals surface area contributed by atoms with E-state index in [0.29, 0.717) is 5.56 Å². The molecule has 0 saturated carbocycles. The fourth-order valence-corrected chi connectivity index (χ4v) is 3.74. The molecule has 0 saturated heterocycles. The lowest BCUT2D eigenvalue weighted by Gasteiger charge is -2.26. The summed E-state index contributed by atoms with van der Waals surface area (Å²) in [6.07, 6.45) is 0. The molecule has 0 fully saturated rings. The van der Waals surface area contributed by atoms with Crippen molar-refractivity contribution in [1.82, 2.24) is 4.90 Å². The van der Waals surface area contributed by atoms with Crippen molar-refractivity contribution >= 4 is 21.7 Å². The van der Waals surface area contributed by atoms with Gasteiger partial charge in [0.25, 0.3) is 5.91 Å². The number of rotatable bonds is 12. The highest BCUT2D eigenvalue weighted by Crippen LogP contribution is 2.29. The maximum atomic E-state index is 13.7. The molecule has 9 heteroatoms. The molecule has 0 heterocycles. The molecule has 0 N–H and O–H groups in total. The summed E-state index contributed by atoms with van der Waals surface area (Å²) < 4.78 is 48.6. The number of carbonyl (C=O) groups excluding carboxylic acids is 1. The van der Waals surface area contributed by atoms with Crippen molar-refractivity contribution < 1.29 is 26.5 Å². The van der Waals surface area contributed by atoms with Gasteiger partial charge in [-0.3, -0.25) is 4.79 Å². The van der Waals surface area contributed by atoms with Crippen molar-refractivity contribution in [3.8, 4) is 5.75 Å². The zero-order chi connectivity index (χ0) is 23.7. The number of halogens is 1. The molecule has 0 radical (unpaired) electrons. The summed E-state index contributed by atoms with van der Waals surface area (Å²) in [4.78, 5) is 16.6. The summed E-state index contributed by atoms with van der Waals surface area (Å²) in [6, 6.07) is 10.7. The topological polar surface area (TPSA) is 76.2 Å². The first kappa shape index (κ1) is 25.6. The van der Waals surface area contributed by atoms with E-state index in [1.54, 1.807) is 12.1 Å². The molecule has 0 unspecified atom stereocenters.